The van der Waals surface area contributed by atoms with Gasteiger partial charge in [-0.25, -0.2) is 13.1 Å². The molecule has 168 valence electrons. The van der Waals surface area contributed by atoms with Crippen LogP contribution in [0.1, 0.15) is 6.92 Å². The smallest absolute Gasteiger partial charge is 0.242 e. The van der Waals surface area contributed by atoms with Crippen molar-refractivity contribution in [2.24, 2.45) is 4.99 Å². The fourth-order valence-electron chi connectivity index (χ4n) is 3.41. The summed E-state index contributed by atoms with van der Waals surface area (Å²) in [6.07, 6.45) is 2.87. The lowest BCUT2D eigenvalue weighted by Gasteiger charge is -2.38. The molecule has 0 bridgehead atoms. The van der Waals surface area contributed by atoms with Gasteiger partial charge in [0.15, 0.2) is 5.96 Å². The van der Waals surface area contributed by atoms with Crippen LogP contribution in [0.25, 0.3) is 0 Å². The normalized spacial score (nSPS) is 15.1. The molecule has 1 saturated heterocycles. The molecular weight excluding hydrogens is 416 g/mol. The highest BCUT2D eigenvalue weighted by Crippen LogP contribution is 2.28. The summed E-state index contributed by atoms with van der Waals surface area (Å²) in [7, 11) is -1.89. The molecule has 2 aromatic rings. The predicted octanol–water partition coefficient (Wildman–Crippen LogP) is 1.16. The zero-order valence-corrected chi connectivity index (χ0v) is 18.8. The Morgan fingerprint density at radius 3 is 2.61 bits per heavy atom. The number of hydrogen-bond acceptors (Lipinski definition) is 6. The number of aromatic nitrogens is 1. The molecular formula is C21H30N6O3S. The number of methoxy groups -OCH3 is 1. The first-order chi connectivity index (χ1) is 15.0. The molecule has 0 spiro atoms. The molecule has 2 heterocycles. The molecule has 0 saturated carbocycles. The Bertz CT molecular complexity index is 960. The van der Waals surface area contributed by atoms with Crippen LogP contribution in [-0.4, -0.2) is 77.2 Å². The van der Waals surface area contributed by atoms with E-state index in [1.807, 2.05) is 25.1 Å². The predicted molar refractivity (Wildman–Crippen MR) is 122 cm³/mol. The Labute approximate surface area is 184 Å². The summed E-state index contributed by atoms with van der Waals surface area (Å²) in [4.78, 5) is 13.1. The molecule has 9 nitrogen and oxygen atoms in total. The van der Waals surface area contributed by atoms with E-state index in [4.69, 9.17) is 4.74 Å². The number of ether oxygens (including phenoxy) is 1. The van der Waals surface area contributed by atoms with Gasteiger partial charge in [0.2, 0.25) is 10.0 Å². The monoisotopic (exact) mass is 446 g/mol. The summed E-state index contributed by atoms with van der Waals surface area (Å²) in [5.74, 6) is 1.67. The van der Waals surface area contributed by atoms with E-state index in [2.05, 4.69) is 35.9 Å². The molecule has 1 aliphatic rings. The second-order valence-electron chi connectivity index (χ2n) is 6.97. The number of guanidine groups is 1. The molecule has 1 aromatic carbocycles. The number of anilines is 1. The number of benzene rings is 1. The van der Waals surface area contributed by atoms with Crippen LogP contribution in [-0.2, 0) is 10.0 Å². The molecule has 0 atom stereocenters. The zero-order valence-electron chi connectivity index (χ0n) is 18.0. The Morgan fingerprint density at radius 1 is 1.16 bits per heavy atom. The number of hydrogen-bond donors (Lipinski definition) is 2. The van der Waals surface area contributed by atoms with Crippen molar-refractivity contribution in [2.45, 2.75) is 11.8 Å². The van der Waals surface area contributed by atoms with Crippen molar-refractivity contribution in [1.29, 1.82) is 0 Å². The van der Waals surface area contributed by atoms with Gasteiger partial charge in [0, 0.05) is 51.7 Å². The van der Waals surface area contributed by atoms with Crippen molar-refractivity contribution in [2.75, 3.05) is 57.8 Å². The van der Waals surface area contributed by atoms with E-state index in [0.29, 0.717) is 6.54 Å². The van der Waals surface area contributed by atoms with E-state index in [1.54, 1.807) is 19.4 Å². The van der Waals surface area contributed by atoms with E-state index in [0.717, 1.165) is 50.1 Å². The first kappa shape index (κ1) is 22.8. The Balaban J connectivity index is 1.55. The maximum Gasteiger partial charge on any atom is 0.242 e. The van der Waals surface area contributed by atoms with Crippen molar-refractivity contribution in [3.8, 4) is 5.75 Å². The maximum absolute atomic E-state index is 12.3. The lowest BCUT2D eigenvalue weighted by Crippen LogP contribution is -2.52. The topological polar surface area (TPSA) is 99.2 Å². The summed E-state index contributed by atoms with van der Waals surface area (Å²) < 4.78 is 32.6. The zero-order chi connectivity index (χ0) is 22.1. The molecule has 1 aromatic heterocycles. The summed E-state index contributed by atoms with van der Waals surface area (Å²) in [5.41, 5.74) is 1.09. The summed E-state index contributed by atoms with van der Waals surface area (Å²) in [6.45, 7) is 6.63. The summed E-state index contributed by atoms with van der Waals surface area (Å²) in [5, 5.41) is 3.30. The number of para-hydroxylation sites is 2. The SMILES string of the molecule is CCNC(=NCCNS(=O)(=O)c1cccnc1)N1CCN(c2ccccc2OC)CC1. The third-order valence-corrected chi connectivity index (χ3v) is 6.40. The average Bonchev–Trinajstić information content (AvgIpc) is 2.82. The third-order valence-electron chi connectivity index (χ3n) is 4.95. The largest absolute Gasteiger partial charge is 0.495 e. The minimum Gasteiger partial charge on any atom is -0.495 e. The van der Waals surface area contributed by atoms with Crippen molar-refractivity contribution in [3.05, 3.63) is 48.8 Å². The molecule has 1 fully saturated rings. The quantitative estimate of drug-likeness (QED) is 0.357. The van der Waals surface area contributed by atoms with Crippen LogP contribution < -0.4 is 19.7 Å². The van der Waals surface area contributed by atoms with Gasteiger partial charge in [0.1, 0.15) is 10.6 Å². The number of pyridine rings is 1. The van der Waals surface area contributed by atoms with E-state index >= 15 is 0 Å². The summed E-state index contributed by atoms with van der Waals surface area (Å²) >= 11 is 0. The van der Waals surface area contributed by atoms with E-state index in [1.165, 1.54) is 12.3 Å². The Hall–Kier alpha value is -2.85. The molecule has 0 aliphatic carbocycles. The summed E-state index contributed by atoms with van der Waals surface area (Å²) in [6, 6.07) is 11.1. The number of nitrogens with zero attached hydrogens (tertiary/aromatic N) is 4. The maximum atomic E-state index is 12.3. The minimum atomic E-state index is -3.57. The molecule has 0 radical (unpaired) electrons. The molecule has 31 heavy (non-hydrogen) atoms. The second kappa shape index (κ2) is 11.0. The van der Waals surface area contributed by atoms with E-state index < -0.39 is 10.0 Å². The van der Waals surface area contributed by atoms with Crippen molar-refractivity contribution in [3.63, 3.8) is 0 Å². The molecule has 1 aliphatic heterocycles. The second-order valence-corrected chi connectivity index (χ2v) is 8.74. The van der Waals surface area contributed by atoms with Gasteiger partial charge in [-0.1, -0.05) is 12.1 Å². The highest BCUT2D eigenvalue weighted by molar-refractivity contribution is 7.89. The fourth-order valence-corrected chi connectivity index (χ4v) is 4.39. The molecule has 2 N–H and O–H groups in total. The lowest BCUT2D eigenvalue weighted by atomic mass is 10.2. The van der Waals surface area contributed by atoms with Gasteiger partial charge in [0.05, 0.1) is 19.3 Å². The third kappa shape index (κ3) is 6.08. The number of piperazine rings is 1. The van der Waals surface area contributed by atoms with Gasteiger partial charge in [-0.2, -0.15) is 0 Å². The van der Waals surface area contributed by atoms with Gasteiger partial charge < -0.3 is 19.9 Å². The highest BCUT2D eigenvalue weighted by Gasteiger charge is 2.21. The van der Waals surface area contributed by atoms with Crippen LogP contribution in [0.3, 0.4) is 0 Å². The number of aliphatic imine (C=N–C) groups is 1. The van der Waals surface area contributed by atoms with E-state index in [-0.39, 0.29) is 11.4 Å². The molecule has 0 amide bonds. The van der Waals surface area contributed by atoms with Crippen molar-refractivity contribution < 1.29 is 13.2 Å². The molecule has 10 heteroatoms. The highest BCUT2D eigenvalue weighted by atomic mass is 32.2. The Kier molecular flexibility index (Phi) is 8.07. The van der Waals surface area contributed by atoms with E-state index in [9.17, 15) is 8.42 Å². The first-order valence-corrected chi connectivity index (χ1v) is 11.8. The van der Waals surface area contributed by atoms with Gasteiger partial charge in [0.25, 0.3) is 0 Å². The van der Waals surface area contributed by atoms with Gasteiger partial charge in [-0.15, -0.1) is 0 Å². The van der Waals surface area contributed by atoms with Crippen LogP contribution in [0.15, 0.2) is 58.7 Å². The van der Waals surface area contributed by atoms with Crippen LogP contribution in [0.5, 0.6) is 5.75 Å². The standard InChI is InChI=1S/C21H30N6O3S/c1-3-23-21(24-11-12-25-31(28,29)18-7-6-10-22-17-18)27-15-13-26(14-16-27)19-8-4-5-9-20(19)30-2/h4-10,17,25H,3,11-16H2,1-2H3,(H,23,24). The number of sulfonamides is 1. The van der Waals surface area contributed by atoms with Crippen LogP contribution in [0, 0.1) is 0 Å². The van der Waals surface area contributed by atoms with Crippen LogP contribution >= 0.6 is 0 Å². The lowest BCUT2D eigenvalue weighted by molar-refractivity contribution is 0.367. The van der Waals surface area contributed by atoms with Crippen molar-refractivity contribution >= 4 is 21.7 Å². The molecule has 0 unspecified atom stereocenters. The Morgan fingerprint density at radius 2 is 1.94 bits per heavy atom. The molecule has 3 rings (SSSR count). The van der Waals surface area contributed by atoms with Crippen molar-refractivity contribution in [1.82, 2.24) is 19.9 Å². The van der Waals surface area contributed by atoms with Gasteiger partial charge in [-0.05, 0) is 31.2 Å². The number of rotatable bonds is 8. The average molecular weight is 447 g/mol. The first-order valence-electron chi connectivity index (χ1n) is 10.4. The van der Waals surface area contributed by atoms with Gasteiger partial charge >= 0.3 is 0 Å². The fraction of sp³-hybridized carbons (Fsp3) is 0.429. The minimum absolute atomic E-state index is 0.151. The van der Waals surface area contributed by atoms with Crippen LogP contribution in [0.2, 0.25) is 0 Å². The number of nitrogens with one attached hydrogen (secondary N) is 2. The van der Waals surface area contributed by atoms with Gasteiger partial charge in [-0.3, -0.25) is 9.98 Å². The van der Waals surface area contributed by atoms with Crippen LogP contribution in [0.4, 0.5) is 5.69 Å².